The van der Waals surface area contributed by atoms with Crippen molar-refractivity contribution in [3.05, 3.63) is 58.8 Å². The van der Waals surface area contributed by atoms with Crippen LogP contribution in [0.25, 0.3) is 11.0 Å². The number of imidazole rings is 1. The molecular formula is C17H13BrN3O. The van der Waals surface area contributed by atoms with E-state index in [1.54, 1.807) is 0 Å². The van der Waals surface area contributed by atoms with Crippen LogP contribution in [-0.2, 0) is 4.79 Å². The molecular weight excluding hydrogens is 342 g/mol. The van der Waals surface area contributed by atoms with Crippen LogP contribution in [0.3, 0.4) is 0 Å². The monoisotopic (exact) mass is 354 g/mol. The van der Waals surface area contributed by atoms with Gasteiger partial charge in [-0.1, -0.05) is 28.1 Å². The van der Waals surface area contributed by atoms with Crippen molar-refractivity contribution in [3.63, 3.8) is 0 Å². The summed E-state index contributed by atoms with van der Waals surface area (Å²) in [4.78, 5) is 21.4. The number of carbonyl (C=O) groups is 1. The van der Waals surface area contributed by atoms with Gasteiger partial charge in [-0.3, -0.25) is 4.79 Å². The van der Waals surface area contributed by atoms with Crippen LogP contribution >= 0.6 is 15.9 Å². The molecule has 2 aromatic carbocycles. The molecule has 1 radical (unpaired) electrons. The SMILES string of the molecule is O=C1CCC(c2ccc3n[c][nH]c3c2)N1c1cccc(Br)c1. The van der Waals surface area contributed by atoms with E-state index in [-0.39, 0.29) is 11.9 Å². The molecule has 1 fully saturated rings. The van der Waals surface area contributed by atoms with E-state index in [9.17, 15) is 4.79 Å². The van der Waals surface area contributed by atoms with Crippen LogP contribution in [0.5, 0.6) is 0 Å². The Bertz CT molecular complexity index is 858. The van der Waals surface area contributed by atoms with Gasteiger partial charge in [-0.15, -0.1) is 0 Å². The number of nitrogens with one attached hydrogen (secondary N) is 1. The molecule has 22 heavy (non-hydrogen) atoms. The number of carbonyl (C=O) groups excluding carboxylic acids is 1. The van der Waals surface area contributed by atoms with Gasteiger partial charge in [-0.05, 0) is 42.3 Å². The number of rotatable bonds is 2. The summed E-state index contributed by atoms with van der Waals surface area (Å²) < 4.78 is 0.974. The fourth-order valence-electron chi connectivity index (χ4n) is 3.06. The van der Waals surface area contributed by atoms with Gasteiger partial charge in [0.1, 0.15) is 0 Å². The number of amides is 1. The molecule has 1 unspecified atom stereocenters. The van der Waals surface area contributed by atoms with Gasteiger partial charge in [-0.25, -0.2) is 4.98 Å². The Morgan fingerprint density at radius 3 is 3.05 bits per heavy atom. The molecule has 0 spiro atoms. The van der Waals surface area contributed by atoms with Gasteiger partial charge in [0, 0.05) is 16.6 Å². The van der Waals surface area contributed by atoms with Crippen molar-refractivity contribution in [2.24, 2.45) is 0 Å². The van der Waals surface area contributed by atoms with Gasteiger partial charge >= 0.3 is 0 Å². The Hall–Kier alpha value is -2.14. The van der Waals surface area contributed by atoms with E-state index in [2.05, 4.69) is 38.3 Å². The molecule has 3 aromatic rings. The average molecular weight is 355 g/mol. The maximum absolute atomic E-state index is 12.4. The summed E-state index contributed by atoms with van der Waals surface area (Å²) in [5.74, 6) is 0.166. The number of nitrogens with zero attached hydrogens (tertiary/aromatic N) is 2. The number of benzene rings is 2. The lowest BCUT2D eigenvalue weighted by atomic mass is 10.0. The van der Waals surface area contributed by atoms with Gasteiger partial charge in [0.05, 0.1) is 17.1 Å². The summed E-state index contributed by atoms with van der Waals surface area (Å²) in [5.41, 5.74) is 3.89. The molecule has 4 nitrogen and oxygen atoms in total. The lowest BCUT2D eigenvalue weighted by Gasteiger charge is -2.25. The number of H-pyrrole nitrogens is 1. The first-order valence-corrected chi connectivity index (χ1v) is 7.95. The van der Waals surface area contributed by atoms with Gasteiger partial charge in [0.15, 0.2) is 6.33 Å². The number of aromatic nitrogens is 2. The highest BCUT2D eigenvalue weighted by Gasteiger charge is 2.33. The number of hydrogen-bond donors (Lipinski definition) is 1. The lowest BCUT2D eigenvalue weighted by Crippen LogP contribution is -2.27. The summed E-state index contributed by atoms with van der Waals surface area (Å²) in [6, 6.07) is 14.0. The number of aromatic amines is 1. The zero-order valence-corrected chi connectivity index (χ0v) is 13.3. The molecule has 0 aliphatic carbocycles. The van der Waals surface area contributed by atoms with Crippen LogP contribution in [0.15, 0.2) is 46.9 Å². The molecule has 1 saturated heterocycles. The van der Waals surface area contributed by atoms with Crippen LogP contribution in [0.1, 0.15) is 24.4 Å². The molecule has 0 saturated carbocycles. The van der Waals surface area contributed by atoms with E-state index in [0.717, 1.165) is 33.2 Å². The van der Waals surface area contributed by atoms with Crippen molar-refractivity contribution in [2.75, 3.05) is 4.90 Å². The van der Waals surface area contributed by atoms with Gasteiger partial charge in [0.2, 0.25) is 5.91 Å². The van der Waals surface area contributed by atoms with Crippen LogP contribution < -0.4 is 4.90 Å². The largest absolute Gasteiger partial charge is 0.335 e. The zero-order chi connectivity index (χ0) is 15.1. The van der Waals surface area contributed by atoms with E-state index in [0.29, 0.717) is 6.42 Å². The first kappa shape index (κ1) is 13.5. The molecule has 0 bridgehead atoms. The Balaban J connectivity index is 1.77. The third kappa shape index (κ3) is 2.22. The van der Waals surface area contributed by atoms with E-state index >= 15 is 0 Å². The molecule has 2 heterocycles. The quantitative estimate of drug-likeness (QED) is 0.756. The molecule has 1 aliphatic heterocycles. The van der Waals surface area contributed by atoms with Gasteiger partial charge < -0.3 is 9.88 Å². The van der Waals surface area contributed by atoms with Crippen LogP contribution in [0.2, 0.25) is 0 Å². The minimum Gasteiger partial charge on any atom is -0.335 e. The van der Waals surface area contributed by atoms with Crippen molar-refractivity contribution in [1.29, 1.82) is 0 Å². The second-order valence-electron chi connectivity index (χ2n) is 5.42. The Kier molecular flexibility index (Phi) is 3.22. The van der Waals surface area contributed by atoms with Crippen LogP contribution in [0.4, 0.5) is 5.69 Å². The summed E-state index contributed by atoms with van der Waals surface area (Å²) in [7, 11) is 0. The summed E-state index contributed by atoms with van der Waals surface area (Å²) in [6.07, 6.45) is 4.15. The zero-order valence-electron chi connectivity index (χ0n) is 11.7. The Morgan fingerprint density at radius 2 is 2.18 bits per heavy atom. The first-order chi connectivity index (χ1) is 10.7. The van der Waals surface area contributed by atoms with Crippen LogP contribution in [-0.4, -0.2) is 15.9 Å². The molecule has 1 atom stereocenters. The molecule has 109 valence electrons. The molecule has 1 N–H and O–H groups in total. The summed E-state index contributed by atoms with van der Waals surface area (Å²) in [6.45, 7) is 0. The molecule has 1 aromatic heterocycles. The third-order valence-electron chi connectivity index (χ3n) is 4.07. The molecule has 1 amide bonds. The van der Waals surface area contributed by atoms with E-state index in [1.165, 1.54) is 0 Å². The minimum atomic E-state index is 0.0644. The van der Waals surface area contributed by atoms with Crippen molar-refractivity contribution < 1.29 is 4.79 Å². The minimum absolute atomic E-state index is 0.0644. The molecule has 4 rings (SSSR count). The number of halogens is 1. The second kappa shape index (κ2) is 5.25. The molecule has 1 aliphatic rings. The Labute approximate surface area is 136 Å². The second-order valence-corrected chi connectivity index (χ2v) is 6.34. The number of hydrogen-bond acceptors (Lipinski definition) is 2. The smallest absolute Gasteiger partial charge is 0.227 e. The normalized spacial score (nSPS) is 18.3. The van der Waals surface area contributed by atoms with Gasteiger partial charge in [0.25, 0.3) is 0 Å². The summed E-state index contributed by atoms with van der Waals surface area (Å²) in [5, 5.41) is 0. The maximum Gasteiger partial charge on any atom is 0.227 e. The van der Waals surface area contributed by atoms with Crippen molar-refractivity contribution in [3.8, 4) is 0 Å². The topological polar surface area (TPSA) is 49.0 Å². The third-order valence-corrected chi connectivity index (χ3v) is 4.56. The predicted octanol–water partition coefficient (Wildman–Crippen LogP) is 3.99. The fraction of sp³-hybridized carbons (Fsp3) is 0.176. The predicted molar refractivity (Wildman–Crippen MR) is 88.5 cm³/mol. The highest BCUT2D eigenvalue weighted by molar-refractivity contribution is 9.10. The number of anilines is 1. The van der Waals surface area contributed by atoms with Crippen LogP contribution in [0, 0.1) is 6.33 Å². The first-order valence-electron chi connectivity index (χ1n) is 7.16. The lowest BCUT2D eigenvalue weighted by molar-refractivity contribution is -0.117. The number of fused-ring (bicyclic) bond motifs is 1. The molecule has 5 heteroatoms. The van der Waals surface area contributed by atoms with Crippen molar-refractivity contribution in [2.45, 2.75) is 18.9 Å². The maximum atomic E-state index is 12.4. The highest BCUT2D eigenvalue weighted by Crippen LogP contribution is 2.38. The van der Waals surface area contributed by atoms with Crippen molar-refractivity contribution in [1.82, 2.24) is 9.97 Å². The highest BCUT2D eigenvalue weighted by atomic mass is 79.9. The average Bonchev–Trinajstić information content (AvgIpc) is 3.12. The van der Waals surface area contributed by atoms with E-state index in [1.807, 2.05) is 41.3 Å². The standard InChI is InChI=1S/C17H13BrN3O/c18-12-2-1-3-13(9-12)21-16(6-7-17(21)22)11-4-5-14-15(8-11)20-10-19-14/h1-5,8-9,16H,6-7H2,(H,19,20). The Morgan fingerprint density at radius 1 is 1.27 bits per heavy atom. The van der Waals surface area contributed by atoms with Gasteiger partial charge in [-0.2, -0.15) is 0 Å². The van der Waals surface area contributed by atoms with E-state index in [4.69, 9.17) is 0 Å². The van der Waals surface area contributed by atoms with Crippen molar-refractivity contribution >= 4 is 38.6 Å². The summed E-state index contributed by atoms with van der Waals surface area (Å²) >= 11 is 3.48. The van der Waals surface area contributed by atoms with E-state index < -0.39 is 0 Å². The fourth-order valence-corrected chi connectivity index (χ4v) is 3.44.